The van der Waals surface area contributed by atoms with Crippen molar-refractivity contribution in [2.75, 3.05) is 18.0 Å². The van der Waals surface area contributed by atoms with Crippen LogP contribution < -0.4 is 4.90 Å². The highest BCUT2D eigenvalue weighted by Crippen LogP contribution is 2.50. The Bertz CT molecular complexity index is 707. The first-order chi connectivity index (χ1) is 12.9. The summed E-state index contributed by atoms with van der Waals surface area (Å²) >= 11 is 0. The lowest BCUT2D eigenvalue weighted by Gasteiger charge is -2.40. The van der Waals surface area contributed by atoms with Crippen LogP contribution in [-0.2, 0) is 4.79 Å². The molecule has 3 fully saturated rings. The Labute approximate surface area is 163 Å². The largest absolute Gasteiger partial charge is 0.293 e. The Balaban J connectivity index is 1.88. The zero-order valence-electron chi connectivity index (χ0n) is 17.1. The minimum absolute atomic E-state index is 0.132. The molecule has 27 heavy (non-hydrogen) atoms. The minimum atomic E-state index is -0.289. The van der Waals surface area contributed by atoms with Crippen LogP contribution in [0, 0.1) is 5.41 Å². The molecule has 4 nitrogen and oxygen atoms in total. The first kappa shape index (κ1) is 18.7. The van der Waals surface area contributed by atoms with E-state index in [0.29, 0.717) is 0 Å². The smallest absolute Gasteiger partial charge is 0.240 e. The summed E-state index contributed by atoms with van der Waals surface area (Å²) in [5.41, 5.74) is 0.473. The van der Waals surface area contributed by atoms with Gasteiger partial charge in [-0.3, -0.25) is 19.6 Å². The van der Waals surface area contributed by atoms with Crippen LogP contribution in [0.4, 0.5) is 5.69 Å². The molecule has 4 rings (SSSR count). The van der Waals surface area contributed by atoms with Gasteiger partial charge in [-0.25, -0.2) is 0 Å². The number of rotatable bonds is 2. The molecular weight excluding hydrogens is 334 g/mol. The van der Waals surface area contributed by atoms with Gasteiger partial charge in [-0.15, -0.1) is 0 Å². The molecule has 146 valence electrons. The molecule has 1 aromatic carbocycles. The van der Waals surface area contributed by atoms with Gasteiger partial charge >= 0.3 is 0 Å². The standard InChI is InChI=1S/C23H33N3O/c1-22(2,3)24-20-19(25-16-10-11-17-25)23(14-8-5-9-15-23)21(27)26(20)18-12-6-4-7-13-18/h4,6-7,12-13,19H,5,8-11,14-17H2,1-3H3/t19-/m1/s1. The van der Waals surface area contributed by atoms with Crippen molar-refractivity contribution < 1.29 is 4.79 Å². The Kier molecular flexibility index (Phi) is 4.87. The van der Waals surface area contributed by atoms with Crippen molar-refractivity contribution in [1.29, 1.82) is 0 Å². The van der Waals surface area contributed by atoms with Crippen LogP contribution in [-0.4, -0.2) is 41.3 Å². The van der Waals surface area contributed by atoms with Crippen LogP contribution >= 0.6 is 0 Å². The van der Waals surface area contributed by atoms with Crippen molar-refractivity contribution in [3.8, 4) is 0 Å². The van der Waals surface area contributed by atoms with Gasteiger partial charge in [0.15, 0.2) is 0 Å². The number of benzene rings is 1. The van der Waals surface area contributed by atoms with Gasteiger partial charge in [0.25, 0.3) is 0 Å². The normalized spacial score (nSPS) is 27.8. The van der Waals surface area contributed by atoms with Crippen molar-refractivity contribution >= 4 is 17.4 Å². The summed E-state index contributed by atoms with van der Waals surface area (Å²) < 4.78 is 0. The molecule has 0 N–H and O–H groups in total. The zero-order chi connectivity index (χ0) is 19.1. The molecule has 1 spiro atoms. The number of likely N-dealkylation sites (tertiary alicyclic amines) is 1. The van der Waals surface area contributed by atoms with E-state index in [0.717, 1.165) is 50.3 Å². The fraction of sp³-hybridized carbons (Fsp3) is 0.652. The summed E-state index contributed by atoms with van der Waals surface area (Å²) in [7, 11) is 0. The molecule has 1 atom stereocenters. The quantitative estimate of drug-likeness (QED) is 0.763. The predicted molar refractivity (Wildman–Crippen MR) is 111 cm³/mol. The Hall–Kier alpha value is -1.68. The molecule has 0 bridgehead atoms. The van der Waals surface area contributed by atoms with E-state index in [1.807, 2.05) is 23.1 Å². The molecule has 1 saturated carbocycles. The number of hydrogen-bond acceptors (Lipinski definition) is 3. The summed E-state index contributed by atoms with van der Waals surface area (Å²) in [4.78, 5) is 23.7. The van der Waals surface area contributed by atoms with Crippen molar-refractivity contribution in [1.82, 2.24) is 4.90 Å². The van der Waals surface area contributed by atoms with Gasteiger partial charge in [0.05, 0.1) is 22.7 Å². The second-order valence-electron chi connectivity index (χ2n) is 9.48. The number of amidine groups is 1. The van der Waals surface area contributed by atoms with Gasteiger partial charge in [0.2, 0.25) is 5.91 Å². The molecule has 0 unspecified atom stereocenters. The van der Waals surface area contributed by atoms with Crippen molar-refractivity contribution in [3.05, 3.63) is 30.3 Å². The monoisotopic (exact) mass is 367 g/mol. The first-order valence-corrected chi connectivity index (χ1v) is 10.7. The fourth-order valence-electron chi connectivity index (χ4n) is 5.28. The molecular formula is C23H33N3O. The van der Waals surface area contributed by atoms with E-state index in [9.17, 15) is 4.79 Å². The van der Waals surface area contributed by atoms with Gasteiger partial charge in [-0.1, -0.05) is 37.5 Å². The van der Waals surface area contributed by atoms with E-state index in [1.54, 1.807) is 0 Å². The van der Waals surface area contributed by atoms with Crippen molar-refractivity contribution in [2.24, 2.45) is 10.4 Å². The molecule has 1 aliphatic carbocycles. The highest BCUT2D eigenvalue weighted by atomic mass is 16.2. The number of nitrogens with zero attached hydrogens (tertiary/aromatic N) is 3. The van der Waals surface area contributed by atoms with Crippen molar-refractivity contribution in [2.45, 2.75) is 77.3 Å². The third-order valence-electron chi connectivity index (χ3n) is 6.34. The zero-order valence-corrected chi connectivity index (χ0v) is 17.1. The molecule has 4 heteroatoms. The summed E-state index contributed by atoms with van der Waals surface area (Å²) in [5.74, 6) is 1.27. The van der Waals surface area contributed by atoms with E-state index < -0.39 is 0 Å². The summed E-state index contributed by atoms with van der Waals surface area (Å²) in [6, 6.07) is 10.3. The molecule has 2 aliphatic heterocycles. The average molecular weight is 368 g/mol. The van der Waals surface area contributed by atoms with Gasteiger partial charge in [-0.2, -0.15) is 0 Å². The van der Waals surface area contributed by atoms with Crippen LogP contribution in [0.25, 0.3) is 0 Å². The highest BCUT2D eigenvalue weighted by Gasteiger charge is 2.60. The maximum atomic E-state index is 14.0. The van der Waals surface area contributed by atoms with Crippen LogP contribution in [0.2, 0.25) is 0 Å². The van der Waals surface area contributed by atoms with E-state index in [1.165, 1.54) is 19.3 Å². The average Bonchev–Trinajstić information content (AvgIpc) is 3.22. The number of para-hydroxylation sites is 1. The minimum Gasteiger partial charge on any atom is -0.293 e. The van der Waals surface area contributed by atoms with E-state index in [4.69, 9.17) is 4.99 Å². The van der Waals surface area contributed by atoms with E-state index in [-0.39, 0.29) is 22.9 Å². The third-order valence-corrected chi connectivity index (χ3v) is 6.34. The third kappa shape index (κ3) is 3.33. The molecule has 3 aliphatic rings. The Morgan fingerprint density at radius 2 is 1.59 bits per heavy atom. The van der Waals surface area contributed by atoms with Crippen LogP contribution in [0.3, 0.4) is 0 Å². The Morgan fingerprint density at radius 3 is 2.19 bits per heavy atom. The van der Waals surface area contributed by atoms with E-state index >= 15 is 0 Å². The van der Waals surface area contributed by atoms with Crippen LogP contribution in [0.1, 0.15) is 65.7 Å². The maximum absolute atomic E-state index is 14.0. The second-order valence-corrected chi connectivity index (χ2v) is 9.48. The number of aliphatic imine (C=N–C) groups is 1. The summed E-state index contributed by atoms with van der Waals surface area (Å²) in [6.45, 7) is 8.60. The number of amides is 1. The molecule has 1 amide bonds. The van der Waals surface area contributed by atoms with E-state index in [2.05, 4.69) is 37.8 Å². The molecule has 1 aromatic rings. The fourth-order valence-corrected chi connectivity index (χ4v) is 5.28. The number of anilines is 1. The summed E-state index contributed by atoms with van der Waals surface area (Å²) in [5, 5.41) is 0. The topological polar surface area (TPSA) is 35.9 Å². The van der Waals surface area contributed by atoms with Gasteiger partial charge in [0, 0.05) is 0 Å². The lowest BCUT2D eigenvalue weighted by Crippen LogP contribution is -2.50. The SMILES string of the molecule is CC(C)(C)N=C1[C@@H](N2CCCC2)C2(CCCCC2)C(=O)N1c1ccccc1. The van der Waals surface area contributed by atoms with Crippen molar-refractivity contribution in [3.63, 3.8) is 0 Å². The number of hydrogen-bond donors (Lipinski definition) is 0. The van der Waals surface area contributed by atoms with Crippen LogP contribution in [0.5, 0.6) is 0 Å². The second kappa shape index (κ2) is 7.05. The number of carbonyl (C=O) groups is 1. The highest BCUT2D eigenvalue weighted by molar-refractivity contribution is 6.27. The maximum Gasteiger partial charge on any atom is 0.240 e. The molecule has 2 heterocycles. The van der Waals surface area contributed by atoms with Gasteiger partial charge < -0.3 is 0 Å². The lowest BCUT2D eigenvalue weighted by atomic mass is 9.69. The first-order valence-electron chi connectivity index (χ1n) is 10.7. The Morgan fingerprint density at radius 1 is 0.963 bits per heavy atom. The lowest BCUT2D eigenvalue weighted by molar-refractivity contribution is -0.129. The molecule has 0 radical (unpaired) electrons. The van der Waals surface area contributed by atoms with Gasteiger partial charge in [-0.05, 0) is 71.7 Å². The summed E-state index contributed by atoms with van der Waals surface area (Å²) in [6.07, 6.45) is 8.02. The number of carbonyl (C=O) groups excluding carboxylic acids is 1. The van der Waals surface area contributed by atoms with Gasteiger partial charge in [0.1, 0.15) is 5.84 Å². The molecule has 2 saturated heterocycles. The van der Waals surface area contributed by atoms with Crippen LogP contribution in [0.15, 0.2) is 35.3 Å². The molecule has 0 aromatic heterocycles. The predicted octanol–water partition coefficient (Wildman–Crippen LogP) is 4.65.